The van der Waals surface area contributed by atoms with Crippen LogP contribution in [0.25, 0.3) is 0 Å². The zero-order valence-electron chi connectivity index (χ0n) is 18.1. The Hall–Kier alpha value is -1.42. The van der Waals surface area contributed by atoms with Crippen molar-refractivity contribution < 1.29 is 13.9 Å². The van der Waals surface area contributed by atoms with E-state index in [2.05, 4.69) is 10.6 Å². The highest BCUT2D eigenvalue weighted by atomic mass is 127. The molecule has 0 saturated heterocycles. The van der Waals surface area contributed by atoms with Crippen LogP contribution < -0.4 is 16.4 Å². The molecule has 0 aliphatic heterocycles. The molecule has 6 nitrogen and oxygen atoms in total. The number of halogens is 2. The summed E-state index contributed by atoms with van der Waals surface area (Å²) in [6, 6.07) is 6.16. The van der Waals surface area contributed by atoms with Crippen molar-refractivity contribution in [1.29, 1.82) is 0 Å². The van der Waals surface area contributed by atoms with Gasteiger partial charge >= 0.3 is 0 Å². The molecular formula is C22H36FIN4O2. The molecule has 1 aliphatic carbocycles. The summed E-state index contributed by atoms with van der Waals surface area (Å²) in [7, 11) is 1.74. The molecule has 0 spiro atoms. The number of ether oxygens (including phenoxy) is 1. The van der Waals surface area contributed by atoms with Gasteiger partial charge in [0.1, 0.15) is 5.82 Å². The van der Waals surface area contributed by atoms with Gasteiger partial charge in [-0.05, 0) is 55.7 Å². The first-order chi connectivity index (χ1) is 14.0. The third kappa shape index (κ3) is 8.75. The Labute approximate surface area is 196 Å². The van der Waals surface area contributed by atoms with E-state index in [0.717, 1.165) is 31.7 Å². The standard InChI is InChI=1S/C22H35FN4O2.HI/c1-3-25-21(27-16-22(12-13-29-2)10-4-5-11-22)26-15-18(20(24)28)14-17-6-8-19(23)9-7-17;/h6-9,18H,3-5,10-16H2,1-2H3,(H2,24,28)(H2,25,26,27);1H. The van der Waals surface area contributed by atoms with Crippen molar-refractivity contribution in [2.45, 2.75) is 45.4 Å². The number of guanidine groups is 1. The SMILES string of the molecule is CCNC(=NCC1(CCOC)CCCC1)NCC(Cc1ccc(F)cc1)C(N)=O.I. The molecule has 2 rings (SSSR count). The minimum absolute atomic E-state index is 0. The number of amides is 1. The summed E-state index contributed by atoms with van der Waals surface area (Å²) >= 11 is 0. The zero-order valence-corrected chi connectivity index (χ0v) is 20.4. The van der Waals surface area contributed by atoms with Gasteiger partial charge < -0.3 is 21.1 Å². The maximum Gasteiger partial charge on any atom is 0.222 e. The minimum atomic E-state index is -0.404. The number of nitrogens with two attached hydrogens (primary N) is 1. The Balaban J connectivity index is 0.00000450. The molecule has 0 aromatic heterocycles. The lowest BCUT2D eigenvalue weighted by Crippen LogP contribution is -2.43. The first-order valence-electron chi connectivity index (χ1n) is 10.5. The lowest BCUT2D eigenvalue weighted by molar-refractivity contribution is -0.121. The van der Waals surface area contributed by atoms with E-state index in [1.54, 1.807) is 19.2 Å². The van der Waals surface area contributed by atoms with Gasteiger partial charge in [-0.3, -0.25) is 9.79 Å². The average molecular weight is 534 g/mol. The summed E-state index contributed by atoms with van der Waals surface area (Å²) in [5, 5.41) is 6.52. The second kappa shape index (κ2) is 13.8. The fourth-order valence-electron chi connectivity index (χ4n) is 3.92. The highest BCUT2D eigenvalue weighted by Gasteiger charge is 2.33. The Morgan fingerprint density at radius 1 is 1.27 bits per heavy atom. The van der Waals surface area contributed by atoms with Gasteiger partial charge in [0.25, 0.3) is 0 Å². The summed E-state index contributed by atoms with van der Waals surface area (Å²) in [6.07, 6.45) is 6.30. The first-order valence-corrected chi connectivity index (χ1v) is 10.5. The van der Waals surface area contributed by atoms with Crippen LogP contribution in [0.1, 0.15) is 44.6 Å². The van der Waals surface area contributed by atoms with E-state index < -0.39 is 5.92 Å². The van der Waals surface area contributed by atoms with Crippen molar-refractivity contribution in [3.8, 4) is 0 Å². The van der Waals surface area contributed by atoms with Crippen molar-refractivity contribution in [3.05, 3.63) is 35.6 Å². The van der Waals surface area contributed by atoms with Crippen LogP contribution in [0.2, 0.25) is 0 Å². The Kier molecular flexibility index (Phi) is 12.2. The third-order valence-electron chi connectivity index (χ3n) is 5.73. The summed E-state index contributed by atoms with van der Waals surface area (Å²) in [5.74, 6) is -0.386. The predicted molar refractivity (Wildman–Crippen MR) is 130 cm³/mol. The van der Waals surface area contributed by atoms with E-state index in [1.165, 1.54) is 37.8 Å². The molecule has 8 heteroatoms. The van der Waals surface area contributed by atoms with Crippen molar-refractivity contribution in [1.82, 2.24) is 10.6 Å². The van der Waals surface area contributed by atoms with Crippen LogP contribution in [0.15, 0.2) is 29.3 Å². The molecule has 0 radical (unpaired) electrons. The number of hydrogen-bond acceptors (Lipinski definition) is 3. The number of carbonyl (C=O) groups is 1. The molecule has 1 fully saturated rings. The molecule has 1 aromatic rings. The molecule has 1 aliphatic rings. The average Bonchev–Trinajstić information content (AvgIpc) is 3.18. The summed E-state index contributed by atoms with van der Waals surface area (Å²) in [5.41, 5.74) is 6.68. The number of primary amides is 1. The fourth-order valence-corrected chi connectivity index (χ4v) is 3.92. The van der Waals surface area contributed by atoms with Crippen LogP contribution >= 0.6 is 24.0 Å². The second-order valence-corrected chi connectivity index (χ2v) is 7.96. The molecule has 1 aromatic carbocycles. The highest BCUT2D eigenvalue weighted by Crippen LogP contribution is 2.41. The molecule has 0 bridgehead atoms. The molecule has 4 N–H and O–H groups in total. The fraction of sp³-hybridized carbons (Fsp3) is 0.636. The van der Waals surface area contributed by atoms with Crippen LogP contribution in [0.4, 0.5) is 4.39 Å². The Morgan fingerprint density at radius 3 is 2.50 bits per heavy atom. The van der Waals surface area contributed by atoms with Crippen molar-refractivity contribution >= 4 is 35.8 Å². The Bertz CT molecular complexity index is 664. The van der Waals surface area contributed by atoms with Gasteiger partial charge in [-0.15, -0.1) is 24.0 Å². The van der Waals surface area contributed by atoms with E-state index in [-0.39, 0.29) is 41.1 Å². The number of aliphatic imine (C=N–C) groups is 1. The van der Waals surface area contributed by atoms with Crippen LogP contribution in [-0.2, 0) is 16.0 Å². The maximum absolute atomic E-state index is 13.1. The van der Waals surface area contributed by atoms with Gasteiger partial charge in [-0.2, -0.15) is 0 Å². The van der Waals surface area contributed by atoms with Crippen LogP contribution in [0.3, 0.4) is 0 Å². The number of methoxy groups -OCH3 is 1. The van der Waals surface area contributed by atoms with E-state index in [4.69, 9.17) is 15.5 Å². The monoisotopic (exact) mass is 534 g/mol. The number of rotatable bonds is 11. The lowest BCUT2D eigenvalue weighted by atomic mass is 9.83. The van der Waals surface area contributed by atoms with Crippen molar-refractivity contribution in [3.63, 3.8) is 0 Å². The van der Waals surface area contributed by atoms with E-state index in [1.807, 2.05) is 6.92 Å². The lowest BCUT2D eigenvalue weighted by Gasteiger charge is -2.27. The van der Waals surface area contributed by atoms with Crippen LogP contribution in [0.5, 0.6) is 0 Å². The van der Waals surface area contributed by atoms with E-state index in [0.29, 0.717) is 18.9 Å². The van der Waals surface area contributed by atoms with Crippen LogP contribution in [0, 0.1) is 17.2 Å². The molecule has 1 amide bonds. The summed E-state index contributed by atoms with van der Waals surface area (Å²) < 4.78 is 18.4. The third-order valence-corrected chi connectivity index (χ3v) is 5.73. The molecule has 1 atom stereocenters. The topological polar surface area (TPSA) is 88.7 Å². The van der Waals surface area contributed by atoms with Gasteiger partial charge in [-0.25, -0.2) is 4.39 Å². The number of hydrogen-bond donors (Lipinski definition) is 3. The highest BCUT2D eigenvalue weighted by molar-refractivity contribution is 14.0. The molecule has 1 saturated carbocycles. The number of carbonyl (C=O) groups excluding carboxylic acids is 1. The van der Waals surface area contributed by atoms with Gasteiger partial charge in [-0.1, -0.05) is 25.0 Å². The van der Waals surface area contributed by atoms with Crippen molar-refractivity contribution in [2.24, 2.45) is 22.1 Å². The Morgan fingerprint density at radius 2 is 1.93 bits per heavy atom. The molecule has 1 unspecified atom stereocenters. The smallest absolute Gasteiger partial charge is 0.222 e. The zero-order chi connectivity index (χ0) is 21.1. The molecule has 170 valence electrons. The molecular weight excluding hydrogens is 498 g/mol. The second-order valence-electron chi connectivity index (χ2n) is 7.96. The minimum Gasteiger partial charge on any atom is -0.385 e. The predicted octanol–water partition coefficient (Wildman–Crippen LogP) is 3.24. The van der Waals surface area contributed by atoms with E-state index in [9.17, 15) is 9.18 Å². The van der Waals surface area contributed by atoms with Gasteiger partial charge in [0.15, 0.2) is 5.96 Å². The van der Waals surface area contributed by atoms with Gasteiger partial charge in [0, 0.05) is 33.4 Å². The van der Waals surface area contributed by atoms with Crippen molar-refractivity contribution in [2.75, 3.05) is 33.4 Å². The van der Waals surface area contributed by atoms with Crippen LogP contribution in [-0.4, -0.2) is 45.2 Å². The largest absolute Gasteiger partial charge is 0.385 e. The normalized spacial score (nSPS) is 16.6. The van der Waals surface area contributed by atoms with Gasteiger partial charge in [0.05, 0.1) is 5.92 Å². The van der Waals surface area contributed by atoms with E-state index >= 15 is 0 Å². The quantitative estimate of drug-likeness (QED) is 0.231. The summed E-state index contributed by atoms with van der Waals surface area (Å²) in [4.78, 5) is 16.7. The molecule has 30 heavy (non-hydrogen) atoms. The molecule has 0 heterocycles. The first kappa shape index (κ1) is 26.6. The summed E-state index contributed by atoms with van der Waals surface area (Å²) in [6.45, 7) is 4.61. The van der Waals surface area contributed by atoms with Gasteiger partial charge in [0.2, 0.25) is 5.91 Å². The number of benzene rings is 1. The maximum atomic E-state index is 13.1. The number of nitrogens with one attached hydrogen (secondary N) is 2. The number of nitrogens with zero attached hydrogens (tertiary/aromatic N) is 1.